The van der Waals surface area contributed by atoms with E-state index in [2.05, 4.69) is 6.92 Å². The van der Waals surface area contributed by atoms with Crippen LogP contribution in [0.15, 0.2) is 54.6 Å². The highest BCUT2D eigenvalue weighted by atomic mass is 16.6. The van der Waals surface area contributed by atoms with Gasteiger partial charge < -0.3 is 34.1 Å². The largest absolute Gasteiger partial charge is 0.507 e. The van der Waals surface area contributed by atoms with Crippen molar-refractivity contribution in [3.05, 3.63) is 76.9 Å². The summed E-state index contributed by atoms with van der Waals surface area (Å²) in [6.45, 7) is 11.0. The number of rotatable bonds is 13. The van der Waals surface area contributed by atoms with E-state index >= 15 is 0 Å². The second-order valence-corrected chi connectivity index (χ2v) is 12.1. The maximum absolute atomic E-state index is 12.8. The average Bonchev–Trinajstić information content (AvgIpc) is 3.48. The fraction of sp³-hybridized carbons (Fsp3) is 0.444. The minimum Gasteiger partial charge on any atom is -0.507 e. The third-order valence-corrected chi connectivity index (χ3v) is 7.56. The van der Waals surface area contributed by atoms with Crippen LogP contribution >= 0.6 is 0 Å². The molecule has 1 atom stereocenters. The number of para-hydroxylation sites is 1. The number of benzene rings is 3. The summed E-state index contributed by atoms with van der Waals surface area (Å²) in [6.07, 6.45) is 4.09. The lowest BCUT2D eigenvalue weighted by molar-refractivity contribution is 0.0223. The smallest absolute Gasteiger partial charge is 0.410 e. The molecular weight excluding hydrogens is 574 g/mol. The first-order valence-corrected chi connectivity index (χ1v) is 15.7. The molecule has 0 spiro atoms. The zero-order valence-electron chi connectivity index (χ0n) is 26.9. The molecule has 9 nitrogen and oxygen atoms in total. The van der Waals surface area contributed by atoms with Gasteiger partial charge in [0, 0.05) is 30.2 Å². The van der Waals surface area contributed by atoms with E-state index in [1.807, 2.05) is 52.0 Å². The van der Waals surface area contributed by atoms with E-state index in [-0.39, 0.29) is 29.2 Å². The van der Waals surface area contributed by atoms with E-state index in [1.54, 1.807) is 29.2 Å². The fourth-order valence-corrected chi connectivity index (χ4v) is 5.49. The second-order valence-electron chi connectivity index (χ2n) is 12.1. The van der Waals surface area contributed by atoms with Crippen molar-refractivity contribution in [2.24, 2.45) is 0 Å². The number of nitrogens with zero attached hydrogens (tertiary/aromatic N) is 1. The summed E-state index contributed by atoms with van der Waals surface area (Å²) < 4.78 is 23.9. The number of aryl methyl sites for hydroxylation is 1. The number of phenols is 1. The molecule has 242 valence electrons. The average molecular weight is 620 g/mol. The molecule has 3 aromatic rings. The lowest BCUT2D eigenvalue weighted by Gasteiger charge is -2.29. The van der Waals surface area contributed by atoms with Gasteiger partial charge in [-0.15, -0.1) is 0 Å². The van der Waals surface area contributed by atoms with Crippen LogP contribution in [0.2, 0.25) is 0 Å². The van der Waals surface area contributed by atoms with E-state index in [4.69, 9.17) is 18.9 Å². The highest BCUT2D eigenvalue weighted by Crippen LogP contribution is 2.41. The van der Waals surface area contributed by atoms with Crippen LogP contribution in [-0.4, -0.2) is 52.5 Å². The third kappa shape index (κ3) is 8.62. The molecule has 3 aromatic carbocycles. The highest BCUT2D eigenvalue weighted by molar-refractivity contribution is 5.91. The van der Waals surface area contributed by atoms with Crippen LogP contribution in [0, 0.1) is 0 Å². The number of aromatic carboxylic acids is 1. The monoisotopic (exact) mass is 619 g/mol. The number of hydrogen-bond donors (Lipinski definition) is 2. The Bertz CT molecular complexity index is 1480. The van der Waals surface area contributed by atoms with Crippen molar-refractivity contribution in [1.29, 1.82) is 0 Å². The molecule has 0 aliphatic carbocycles. The summed E-state index contributed by atoms with van der Waals surface area (Å²) >= 11 is 0. The maximum Gasteiger partial charge on any atom is 0.410 e. The number of phenolic OH excluding ortho intramolecular Hbond substituents is 1. The maximum atomic E-state index is 12.8. The fourth-order valence-electron chi connectivity index (χ4n) is 5.49. The molecule has 1 heterocycles. The molecule has 0 bridgehead atoms. The molecule has 4 rings (SSSR count). The van der Waals surface area contributed by atoms with E-state index < -0.39 is 11.6 Å². The molecular formula is C36H45NO8. The van der Waals surface area contributed by atoms with Crippen molar-refractivity contribution in [3.8, 4) is 28.7 Å². The van der Waals surface area contributed by atoms with E-state index in [9.17, 15) is 19.8 Å². The van der Waals surface area contributed by atoms with Crippen LogP contribution in [0.1, 0.15) is 93.4 Å². The number of amides is 1. The minimum absolute atomic E-state index is 0.0950. The van der Waals surface area contributed by atoms with E-state index in [1.165, 1.54) is 6.07 Å². The van der Waals surface area contributed by atoms with Gasteiger partial charge in [0.2, 0.25) is 0 Å². The molecule has 1 amide bonds. The molecule has 0 radical (unpaired) electrons. The predicted octanol–water partition coefficient (Wildman–Crippen LogP) is 8.32. The highest BCUT2D eigenvalue weighted by Gasteiger charge is 2.35. The molecule has 1 aliphatic heterocycles. The Kier molecular flexibility index (Phi) is 11.2. The molecule has 1 fully saturated rings. The summed E-state index contributed by atoms with van der Waals surface area (Å²) in [7, 11) is 0. The van der Waals surface area contributed by atoms with Gasteiger partial charge in [-0.1, -0.05) is 38.5 Å². The number of carbonyl (C=O) groups is 2. The second kappa shape index (κ2) is 15.1. The lowest BCUT2D eigenvalue weighted by Crippen LogP contribution is -2.36. The zero-order valence-corrected chi connectivity index (χ0v) is 26.9. The number of likely N-dealkylation sites (tertiary alicyclic amines) is 1. The summed E-state index contributed by atoms with van der Waals surface area (Å²) in [5, 5.41) is 20.5. The van der Waals surface area contributed by atoms with Crippen molar-refractivity contribution in [3.63, 3.8) is 0 Å². The van der Waals surface area contributed by atoms with Gasteiger partial charge in [0.15, 0.2) is 0 Å². The summed E-state index contributed by atoms with van der Waals surface area (Å²) in [5.41, 5.74) is 2.04. The molecule has 0 saturated carbocycles. The molecule has 1 saturated heterocycles. The van der Waals surface area contributed by atoms with Gasteiger partial charge in [-0.05, 0) is 82.3 Å². The Labute approximate surface area is 265 Å². The predicted molar refractivity (Wildman–Crippen MR) is 172 cm³/mol. The van der Waals surface area contributed by atoms with Crippen LogP contribution in [0.5, 0.6) is 28.7 Å². The molecule has 1 unspecified atom stereocenters. The molecule has 2 N–H and O–H groups in total. The quantitative estimate of drug-likeness (QED) is 0.184. The first-order chi connectivity index (χ1) is 21.5. The first-order valence-electron chi connectivity index (χ1n) is 15.7. The Balaban J connectivity index is 1.39. The van der Waals surface area contributed by atoms with E-state index in [0.29, 0.717) is 61.8 Å². The Hall–Kier alpha value is -4.40. The van der Waals surface area contributed by atoms with Gasteiger partial charge in [0.25, 0.3) is 0 Å². The van der Waals surface area contributed by atoms with Gasteiger partial charge >= 0.3 is 12.1 Å². The summed E-state index contributed by atoms with van der Waals surface area (Å²) in [6, 6.07) is 15.4. The molecule has 0 aromatic heterocycles. The Morgan fingerprint density at radius 1 is 0.933 bits per heavy atom. The standard InChI is InChI=1S/C36H45NO8/c1-6-13-25-30(17-10-18-31(25)44-32-16-9-8-14-26(32)34(39)40)42-20-12-21-43-33-23-29(38)27(22-24(33)7-2)28-15-11-19-37(28)35(41)45-36(3,4)5/h8-10,14,16-18,22-23,28,38H,6-7,11-13,15,19-21H2,1-5H3,(H,39,40). The van der Waals surface area contributed by atoms with Gasteiger partial charge in [0.05, 0.1) is 19.3 Å². The summed E-state index contributed by atoms with van der Waals surface area (Å²) in [5.74, 6) is 1.19. The normalized spacial score (nSPS) is 14.7. The number of hydrogen-bond acceptors (Lipinski definition) is 7. The van der Waals surface area contributed by atoms with Crippen molar-refractivity contribution in [2.45, 2.75) is 84.8 Å². The van der Waals surface area contributed by atoms with Gasteiger partial charge in [-0.3, -0.25) is 0 Å². The van der Waals surface area contributed by atoms with Crippen LogP contribution in [0.3, 0.4) is 0 Å². The number of carboxylic acids is 1. The number of ether oxygens (including phenoxy) is 4. The number of carbonyl (C=O) groups excluding carboxylic acids is 1. The molecule has 45 heavy (non-hydrogen) atoms. The van der Waals surface area contributed by atoms with Crippen LogP contribution in [-0.2, 0) is 17.6 Å². The first kappa shape index (κ1) is 33.5. The number of carboxylic acid groups (broad SMARTS) is 1. The van der Waals surface area contributed by atoms with Crippen molar-refractivity contribution >= 4 is 12.1 Å². The van der Waals surface area contributed by atoms with Gasteiger partial charge in [-0.25, -0.2) is 9.59 Å². The number of aromatic hydroxyl groups is 1. The Morgan fingerprint density at radius 2 is 1.62 bits per heavy atom. The van der Waals surface area contributed by atoms with Crippen molar-refractivity contribution < 1.29 is 38.7 Å². The minimum atomic E-state index is -1.05. The van der Waals surface area contributed by atoms with Crippen LogP contribution in [0.25, 0.3) is 0 Å². The zero-order chi connectivity index (χ0) is 32.6. The summed E-state index contributed by atoms with van der Waals surface area (Å²) in [4.78, 5) is 26.2. The van der Waals surface area contributed by atoms with Crippen LogP contribution < -0.4 is 14.2 Å². The Morgan fingerprint density at radius 3 is 2.31 bits per heavy atom. The van der Waals surface area contributed by atoms with Crippen molar-refractivity contribution in [1.82, 2.24) is 4.90 Å². The van der Waals surface area contributed by atoms with Gasteiger partial charge in [0.1, 0.15) is 39.9 Å². The topological polar surface area (TPSA) is 115 Å². The molecule has 1 aliphatic rings. The van der Waals surface area contributed by atoms with Crippen LogP contribution in [0.4, 0.5) is 4.79 Å². The lowest BCUT2D eigenvalue weighted by atomic mass is 9.99. The van der Waals surface area contributed by atoms with Gasteiger partial charge in [-0.2, -0.15) is 0 Å². The van der Waals surface area contributed by atoms with E-state index in [0.717, 1.165) is 30.4 Å². The van der Waals surface area contributed by atoms with Crippen molar-refractivity contribution in [2.75, 3.05) is 19.8 Å². The third-order valence-electron chi connectivity index (χ3n) is 7.56. The SMILES string of the molecule is CCCc1c(OCCCOc2cc(O)c(C3CCCN3C(=O)OC(C)(C)C)cc2CC)cccc1Oc1ccccc1C(=O)O. The molecule has 9 heteroatoms.